The zero-order valence-electron chi connectivity index (χ0n) is 20.1. The van der Waals surface area contributed by atoms with Crippen molar-refractivity contribution in [1.82, 2.24) is 15.5 Å². The second kappa shape index (κ2) is 11.7. The lowest BCUT2D eigenvalue weighted by molar-refractivity contribution is 0.0341. The Morgan fingerprint density at radius 1 is 1.03 bits per heavy atom. The quantitative estimate of drug-likeness (QED) is 0.309. The highest BCUT2D eigenvalue weighted by Crippen LogP contribution is 2.46. The van der Waals surface area contributed by atoms with Gasteiger partial charge in [-0.25, -0.2) is 0 Å². The van der Waals surface area contributed by atoms with E-state index in [0.717, 1.165) is 70.4 Å². The Bertz CT molecular complexity index is 971. The molecule has 0 amide bonds. The molecule has 7 heteroatoms. The van der Waals surface area contributed by atoms with Crippen molar-refractivity contribution in [1.29, 1.82) is 0 Å². The molecule has 1 unspecified atom stereocenters. The van der Waals surface area contributed by atoms with Crippen molar-refractivity contribution < 1.29 is 9.47 Å². The smallest absolute Gasteiger partial charge is 0.191 e. The Hall–Kier alpha value is -1.84. The second-order valence-electron chi connectivity index (χ2n) is 9.51. The van der Waals surface area contributed by atoms with Crippen LogP contribution >= 0.6 is 24.0 Å². The Labute approximate surface area is 220 Å². The number of nitrogens with zero attached hydrogens (tertiary/aromatic N) is 2. The number of nitrogens with one attached hydrogen (secondary N) is 2. The Morgan fingerprint density at radius 2 is 1.74 bits per heavy atom. The summed E-state index contributed by atoms with van der Waals surface area (Å²) in [4.78, 5) is 7.02. The summed E-state index contributed by atoms with van der Waals surface area (Å²) < 4.78 is 12.0. The number of morpholine rings is 1. The Kier molecular flexibility index (Phi) is 8.71. The summed E-state index contributed by atoms with van der Waals surface area (Å²) in [5.74, 6) is 1.86. The fourth-order valence-electron chi connectivity index (χ4n) is 5.50. The standard InChI is InChI=1S/C27H36N4O2.HI/c1-28-26(29-19-21-8-2-3-9-22(21)20-31-14-16-32-17-15-31)30-24-18-27(12-6-7-13-27)33-25-11-5-4-10-23(24)25;/h2-5,8-11,24H,6-7,12-20H2,1H3,(H2,28,29,30);1H. The third kappa shape index (κ3) is 5.86. The van der Waals surface area contributed by atoms with Gasteiger partial charge in [-0.3, -0.25) is 9.89 Å². The highest BCUT2D eigenvalue weighted by molar-refractivity contribution is 14.0. The lowest BCUT2D eigenvalue weighted by Crippen LogP contribution is -2.46. The molecule has 2 aliphatic heterocycles. The molecule has 1 spiro atoms. The lowest BCUT2D eigenvalue weighted by atomic mass is 9.86. The van der Waals surface area contributed by atoms with Gasteiger partial charge in [0.2, 0.25) is 0 Å². The van der Waals surface area contributed by atoms with Gasteiger partial charge in [0.1, 0.15) is 11.4 Å². The van der Waals surface area contributed by atoms with Gasteiger partial charge in [-0.2, -0.15) is 0 Å². The number of ether oxygens (including phenoxy) is 2. The van der Waals surface area contributed by atoms with Gasteiger partial charge in [-0.05, 0) is 42.9 Å². The third-order valence-electron chi connectivity index (χ3n) is 7.31. The molecule has 0 bridgehead atoms. The van der Waals surface area contributed by atoms with Crippen LogP contribution in [-0.2, 0) is 17.8 Å². The summed E-state index contributed by atoms with van der Waals surface area (Å²) in [6.45, 7) is 5.35. The average molecular weight is 577 g/mol. The number of hydrogen-bond acceptors (Lipinski definition) is 4. The van der Waals surface area contributed by atoms with E-state index in [2.05, 4.69) is 69.1 Å². The number of halogens is 1. The number of hydrogen-bond donors (Lipinski definition) is 2. The van der Waals surface area contributed by atoms with Gasteiger partial charge in [-0.1, -0.05) is 42.5 Å². The van der Waals surface area contributed by atoms with Gasteiger partial charge < -0.3 is 20.1 Å². The van der Waals surface area contributed by atoms with Gasteiger partial charge in [0.25, 0.3) is 0 Å². The first-order valence-electron chi connectivity index (χ1n) is 12.4. The minimum Gasteiger partial charge on any atom is -0.487 e. The first-order chi connectivity index (χ1) is 16.2. The van der Waals surface area contributed by atoms with Crippen LogP contribution in [-0.4, -0.2) is 49.8 Å². The van der Waals surface area contributed by atoms with Crippen LogP contribution < -0.4 is 15.4 Å². The summed E-state index contributed by atoms with van der Waals surface area (Å²) >= 11 is 0. The summed E-state index contributed by atoms with van der Waals surface area (Å²) in [6, 6.07) is 17.4. The molecule has 2 aromatic carbocycles. The van der Waals surface area contributed by atoms with E-state index >= 15 is 0 Å². The van der Waals surface area contributed by atoms with Crippen LogP contribution in [0.15, 0.2) is 53.5 Å². The molecule has 2 N–H and O–H groups in total. The highest BCUT2D eigenvalue weighted by atomic mass is 127. The SMILES string of the molecule is CN=C(NCc1ccccc1CN1CCOCC1)NC1CC2(CCCC2)Oc2ccccc21.I. The van der Waals surface area contributed by atoms with Crippen molar-refractivity contribution in [3.63, 3.8) is 0 Å². The minimum absolute atomic E-state index is 0. The van der Waals surface area contributed by atoms with Crippen molar-refractivity contribution in [3.05, 3.63) is 65.2 Å². The van der Waals surface area contributed by atoms with Crippen LogP contribution in [0.3, 0.4) is 0 Å². The van der Waals surface area contributed by atoms with Gasteiger partial charge in [0.15, 0.2) is 5.96 Å². The normalized spacial score (nSPS) is 21.9. The summed E-state index contributed by atoms with van der Waals surface area (Å²) in [5, 5.41) is 7.29. The van der Waals surface area contributed by atoms with Gasteiger partial charge in [0, 0.05) is 45.2 Å². The second-order valence-corrected chi connectivity index (χ2v) is 9.51. The van der Waals surface area contributed by atoms with Crippen molar-refractivity contribution in [2.45, 2.75) is 56.8 Å². The predicted molar refractivity (Wildman–Crippen MR) is 147 cm³/mol. The van der Waals surface area contributed by atoms with E-state index in [1.165, 1.54) is 29.5 Å². The van der Waals surface area contributed by atoms with E-state index in [9.17, 15) is 0 Å². The molecule has 3 aliphatic rings. The molecule has 0 radical (unpaired) electrons. The molecule has 1 saturated heterocycles. The summed E-state index contributed by atoms with van der Waals surface area (Å²) in [6.07, 6.45) is 5.77. The van der Waals surface area contributed by atoms with Crippen LogP contribution in [0.2, 0.25) is 0 Å². The van der Waals surface area contributed by atoms with E-state index in [0.29, 0.717) is 0 Å². The van der Waals surface area contributed by atoms with E-state index in [-0.39, 0.29) is 35.6 Å². The van der Waals surface area contributed by atoms with Crippen LogP contribution in [0.1, 0.15) is 54.8 Å². The molecule has 1 aliphatic carbocycles. The average Bonchev–Trinajstić information content (AvgIpc) is 3.30. The third-order valence-corrected chi connectivity index (χ3v) is 7.31. The molecule has 2 fully saturated rings. The molecular weight excluding hydrogens is 539 g/mol. The summed E-state index contributed by atoms with van der Waals surface area (Å²) in [7, 11) is 1.85. The Morgan fingerprint density at radius 3 is 2.50 bits per heavy atom. The number of para-hydroxylation sites is 1. The Balaban J connectivity index is 0.00000274. The van der Waals surface area contributed by atoms with E-state index in [1.807, 2.05) is 7.05 Å². The van der Waals surface area contributed by atoms with Crippen molar-refractivity contribution >= 4 is 29.9 Å². The van der Waals surface area contributed by atoms with Crippen molar-refractivity contribution in [3.8, 4) is 5.75 Å². The number of benzene rings is 2. The predicted octanol–water partition coefficient (Wildman–Crippen LogP) is 4.64. The maximum atomic E-state index is 6.53. The molecular formula is C27H37IN4O2. The topological polar surface area (TPSA) is 58.1 Å². The number of guanidine groups is 1. The van der Waals surface area contributed by atoms with Crippen LogP contribution in [0.4, 0.5) is 0 Å². The monoisotopic (exact) mass is 576 g/mol. The molecule has 5 rings (SSSR count). The first kappa shape index (κ1) is 25.3. The molecule has 34 heavy (non-hydrogen) atoms. The van der Waals surface area contributed by atoms with Crippen LogP contribution in [0.5, 0.6) is 5.75 Å². The molecule has 184 valence electrons. The van der Waals surface area contributed by atoms with E-state index < -0.39 is 0 Å². The fourth-order valence-corrected chi connectivity index (χ4v) is 5.50. The zero-order chi connectivity index (χ0) is 22.5. The van der Waals surface area contributed by atoms with Gasteiger partial charge in [0.05, 0.1) is 19.3 Å². The van der Waals surface area contributed by atoms with Crippen molar-refractivity contribution in [2.75, 3.05) is 33.4 Å². The van der Waals surface area contributed by atoms with Crippen LogP contribution in [0.25, 0.3) is 0 Å². The van der Waals surface area contributed by atoms with Crippen molar-refractivity contribution in [2.24, 2.45) is 4.99 Å². The van der Waals surface area contributed by atoms with Gasteiger partial charge >= 0.3 is 0 Å². The van der Waals surface area contributed by atoms with E-state index in [1.54, 1.807) is 0 Å². The number of fused-ring (bicyclic) bond motifs is 1. The summed E-state index contributed by atoms with van der Waals surface area (Å²) in [5.41, 5.74) is 3.87. The molecule has 0 aromatic heterocycles. The minimum atomic E-state index is -0.0321. The lowest BCUT2D eigenvalue weighted by Gasteiger charge is -2.40. The van der Waals surface area contributed by atoms with Crippen LogP contribution in [0, 0.1) is 0 Å². The molecule has 2 aromatic rings. The number of rotatable bonds is 5. The highest BCUT2D eigenvalue weighted by Gasteiger charge is 2.43. The maximum absolute atomic E-state index is 6.53. The first-order valence-corrected chi connectivity index (χ1v) is 12.4. The molecule has 1 atom stereocenters. The zero-order valence-corrected chi connectivity index (χ0v) is 22.4. The molecule has 6 nitrogen and oxygen atoms in total. The number of aliphatic imine (C=N–C) groups is 1. The van der Waals surface area contributed by atoms with Gasteiger partial charge in [-0.15, -0.1) is 24.0 Å². The maximum Gasteiger partial charge on any atom is 0.191 e. The van der Waals surface area contributed by atoms with E-state index in [4.69, 9.17) is 9.47 Å². The molecule has 1 saturated carbocycles. The fraction of sp³-hybridized carbons (Fsp3) is 0.519. The largest absolute Gasteiger partial charge is 0.487 e. The molecule has 2 heterocycles.